The molecule has 6 heteroatoms. The van der Waals surface area contributed by atoms with Crippen molar-refractivity contribution >= 4 is 11.6 Å². The van der Waals surface area contributed by atoms with Crippen LogP contribution in [0, 0.1) is 0 Å². The van der Waals surface area contributed by atoms with Gasteiger partial charge >= 0.3 is 0 Å². The van der Waals surface area contributed by atoms with Gasteiger partial charge in [-0.05, 0) is 26.0 Å². The Morgan fingerprint density at radius 1 is 1.17 bits per heavy atom. The number of benzene rings is 1. The van der Waals surface area contributed by atoms with Crippen LogP contribution in [0.25, 0.3) is 0 Å². The first-order chi connectivity index (χ1) is 11.1. The lowest BCUT2D eigenvalue weighted by molar-refractivity contribution is -0.121. The summed E-state index contributed by atoms with van der Waals surface area (Å²) in [5, 5.41) is 2.93. The quantitative estimate of drug-likeness (QED) is 0.922. The van der Waals surface area contributed by atoms with Gasteiger partial charge < -0.3 is 19.5 Å². The number of ether oxygens (including phenoxy) is 3. The van der Waals surface area contributed by atoms with Gasteiger partial charge in [0.2, 0.25) is 5.91 Å². The molecule has 2 aliphatic heterocycles. The fraction of sp³-hybridized carbons (Fsp3) is 0.588. The molecule has 1 amide bonds. The Morgan fingerprint density at radius 2 is 1.87 bits per heavy atom. The first-order valence-corrected chi connectivity index (χ1v) is 8.17. The number of fused-ring (bicyclic) bond motifs is 1. The molecule has 0 spiro atoms. The van der Waals surface area contributed by atoms with Crippen molar-refractivity contribution in [3.8, 4) is 11.5 Å². The van der Waals surface area contributed by atoms with Crippen molar-refractivity contribution < 1.29 is 19.0 Å². The summed E-state index contributed by atoms with van der Waals surface area (Å²) in [5.74, 6) is 1.39. The SMILES string of the molecule is CC1CN(CC(=O)Nc2ccc3c(c2)OCCCO3)CC(C)O1. The van der Waals surface area contributed by atoms with Crippen LogP contribution in [0.15, 0.2) is 18.2 Å². The van der Waals surface area contributed by atoms with Gasteiger partial charge in [0, 0.05) is 31.3 Å². The Bertz CT molecular complexity index is 554. The standard InChI is InChI=1S/C17H24N2O4/c1-12-9-19(10-13(2)23-12)11-17(20)18-14-4-5-15-16(8-14)22-7-3-6-21-15/h4-5,8,12-13H,3,6-7,9-11H2,1-2H3,(H,18,20). The van der Waals surface area contributed by atoms with Gasteiger partial charge in [0.1, 0.15) is 0 Å². The van der Waals surface area contributed by atoms with Crippen molar-refractivity contribution in [3.05, 3.63) is 18.2 Å². The zero-order valence-electron chi connectivity index (χ0n) is 13.7. The normalized spacial score (nSPS) is 24.8. The maximum Gasteiger partial charge on any atom is 0.238 e. The van der Waals surface area contributed by atoms with Crippen molar-refractivity contribution in [1.82, 2.24) is 4.90 Å². The summed E-state index contributed by atoms with van der Waals surface area (Å²) >= 11 is 0. The third-order valence-corrected chi connectivity index (χ3v) is 3.89. The molecule has 6 nitrogen and oxygen atoms in total. The van der Waals surface area contributed by atoms with Crippen molar-refractivity contribution in [3.63, 3.8) is 0 Å². The highest BCUT2D eigenvalue weighted by Crippen LogP contribution is 2.32. The smallest absolute Gasteiger partial charge is 0.238 e. The van der Waals surface area contributed by atoms with Crippen molar-refractivity contribution in [2.75, 3.05) is 38.2 Å². The van der Waals surface area contributed by atoms with E-state index in [-0.39, 0.29) is 18.1 Å². The Balaban J connectivity index is 1.58. The lowest BCUT2D eigenvalue weighted by Gasteiger charge is -2.34. The molecule has 2 unspecified atom stereocenters. The van der Waals surface area contributed by atoms with Crippen LogP contribution in [0.2, 0.25) is 0 Å². The fourth-order valence-corrected chi connectivity index (χ4v) is 3.06. The zero-order chi connectivity index (χ0) is 16.2. The summed E-state index contributed by atoms with van der Waals surface area (Å²) in [6, 6.07) is 5.51. The van der Waals surface area contributed by atoms with Gasteiger partial charge in [-0.3, -0.25) is 9.69 Å². The van der Waals surface area contributed by atoms with E-state index in [0.29, 0.717) is 25.5 Å². The number of hydrogen-bond donors (Lipinski definition) is 1. The molecule has 2 aliphatic rings. The average molecular weight is 320 g/mol. The summed E-state index contributed by atoms with van der Waals surface area (Å²) < 4.78 is 16.9. The molecule has 0 bridgehead atoms. The maximum absolute atomic E-state index is 12.3. The number of anilines is 1. The van der Waals surface area contributed by atoms with Gasteiger partial charge in [0.15, 0.2) is 11.5 Å². The lowest BCUT2D eigenvalue weighted by atomic mass is 10.2. The van der Waals surface area contributed by atoms with Gasteiger partial charge in [-0.15, -0.1) is 0 Å². The molecule has 1 aromatic rings. The Kier molecular flexibility index (Phi) is 5.03. The molecule has 3 rings (SSSR count). The summed E-state index contributed by atoms with van der Waals surface area (Å²) in [6.45, 7) is 7.28. The van der Waals surface area contributed by atoms with Crippen LogP contribution in [0.5, 0.6) is 11.5 Å². The Morgan fingerprint density at radius 3 is 2.61 bits per heavy atom. The van der Waals surface area contributed by atoms with Crippen LogP contribution in [0.4, 0.5) is 5.69 Å². The molecule has 2 atom stereocenters. The third-order valence-electron chi connectivity index (χ3n) is 3.89. The molecule has 1 N–H and O–H groups in total. The predicted molar refractivity (Wildman–Crippen MR) is 87.1 cm³/mol. The van der Waals surface area contributed by atoms with Crippen LogP contribution >= 0.6 is 0 Å². The van der Waals surface area contributed by atoms with E-state index in [0.717, 1.165) is 30.9 Å². The Labute approximate surface area is 136 Å². The molecule has 0 aliphatic carbocycles. The van der Waals surface area contributed by atoms with E-state index in [1.54, 1.807) is 0 Å². The van der Waals surface area contributed by atoms with E-state index < -0.39 is 0 Å². The second-order valence-corrected chi connectivity index (χ2v) is 6.21. The van der Waals surface area contributed by atoms with Crippen LogP contribution in [-0.2, 0) is 9.53 Å². The van der Waals surface area contributed by atoms with E-state index in [4.69, 9.17) is 14.2 Å². The summed E-state index contributed by atoms with van der Waals surface area (Å²) in [4.78, 5) is 14.4. The summed E-state index contributed by atoms with van der Waals surface area (Å²) in [5.41, 5.74) is 0.730. The molecular formula is C17H24N2O4. The minimum Gasteiger partial charge on any atom is -0.490 e. The van der Waals surface area contributed by atoms with Crippen molar-refractivity contribution in [2.24, 2.45) is 0 Å². The highest BCUT2D eigenvalue weighted by molar-refractivity contribution is 5.92. The highest BCUT2D eigenvalue weighted by Gasteiger charge is 2.23. The molecule has 23 heavy (non-hydrogen) atoms. The van der Waals surface area contributed by atoms with Crippen molar-refractivity contribution in [1.29, 1.82) is 0 Å². The first kappa shape index (κ1) is 16.1. The number of nitrogens with one attached hydrogen (secondary N) is 1. The van der Waals surface area contributed by atoms with Crippen molar-refractivity contribution in [2.45, 2.75) is 32.5 Å². The van der Waals surface area contributed by atoms with Gasteiger partial charge in [0.05, 0.1) is 32.0 Å². The monoisotopic (exact) mass is 320 g/mol. The number of hydrogen-bond acceptors (Lipinski definition) is 5. The molecule has 126 valence electrons. The zero-order valence-corrected chi connectivity index (χ0v) is 13.7. The predicted octanol–water partition coefficient (Wildman–Crippen LogP) is 1.90. The summed E-state index contributed by atoms with van der Waals surface area (Å²) in [7, 11) is 0. The van der Waals surface area contributed by atoms with Gasteiger partial charge in [0.25, 0.3) is 0 Å². The topological polar surface area (TPSA) is 60.0 Å². The highest BCUT2D eigenvalue weighted by atomic mass is 16.5. The minimum atomic E-state index is -0.0270. The third kappa shape index (κ3) is 4.36. The molecule has 1 fully saturated rings. The second-order valence-electron chi connectivity index (χ2n) is 6.21. The number of morpholine rings is 1. The average Bonchev–Trinajstić information content (AvgIpc) is 2.70. The molecular weight excluding hydrogens is 296 g/mol. The molecule has 2 heterocycles. The number of rotatable bonds is 3. The van der Waals surface area contributed by atoms with Crippen LogP contribution in [0.1, 0.15) is 20.3 Å². The Hall–Kier alpha value is -1.79. The van der Waals surface area contributed by atoms with Gasteiger partial charge in [-0.2, -0.15) is 0 Å². The van der Waals surface area contributed by atoms with E-state index in [9.17, 15) is 4.79 Å². The number of carbonyl (C=O) groups excluding carboxylic acids is 1. The molecule has 0 saturated carbocycles. The van der Waals surface area contributed by atoms with E-state index in [1.807, 2.05) is 32.0 Å². The number of nitrogens with zero attached hydrogens (tertiary/aromatic N) is 1. The number of amides is 1. The lowest BCUT2D eigenvalue weighted by Crippen LogP contribution is -2.48. The molecule has 0 aromatic heterocycles. The molecule has 0 radical (unpaired) electrons. The van der Waals surface area contributed by atoms with Gasteiger partial charge in [-0.25, -0.2) is 0 Å². The largest absolute Gasteiger partial charge is 0.490 e. The van der Waals surface area contributed by atoms with Crippen LogP contribution < -0.4 is 14.8 Å². The van der Waals surface area contributed by atoms with E-state index >= 15 is 0 Å². The minimum absolute atomic E-state index is 0.0270. The van der Waals surface area contributed by atoms with E-state index in [2.05, 4.69) is 10.2 Å². The maximum atomic E-state index is 12.3. The molecule has 1 aromatic carbocycles. The summed E-state index contributed by atoms with van der Waals surface area (Å²) in [6.07, 6.45) is 1.18. The number of carbonyl (C=O) groups is 1. The fourth-order valence-electron chi connectivity index (χ4n) is 3.06. The van der Waals surface area contributed by atoms with Crippen LogP contribution in [-0.4, -0.2) is 55.9 Å². The second kappa shape index (κ2) is 7.19. The van der Waals surface area contributed by atoms with E-state index in [1.165, 1.54) is 0 Å². The molecule has 1 saturated heterocycles. The van der Waals surface area contributed by atoms with Crippen LogP contribution in [0.3, 0.4) is 0 Å². The first-order valence-electron chi connectivity index (χ1n) is 8.17. The van der Waals surface area contributed by atoms with Gasteiger partial charge in [-0.1, -0.05) is 0 Å².